The van der Waals surface area contributed by atoms with E-state index in [1.54, 1.807) is 12.1 Å². The van der Waals surface area contributed by atoms with Crippen molar-refractivity contribution in [2.45, 2.75) is 6.61 Å². The van der Waals surface area contributed by atoms with E-state index in [0.29, 0.717) is 10.9 Å². The summed E-state index contributed by atoms with van der Waals surface area (Å²) < 4.78 is 14.3. The van der Waals surface area contributed by atoms with Gasteiger partial charge in [0, 0.05) is 15.6 Å². The van der Waals surface area contributed by atoms with Crippen LogP contribution in [0.5, 0.6) is 0 Å². The van der Waals surface area contributed by atoms with Crippen LogP contribution in [0.1, 0.15) is 5.56 Å². The van der Waals surface area contributed by atoms with Gasteiger partial charge in [0.05, 0.1) is 6.61 Å². The van der Waals surface area contributed by atoms with Crippen LogP contribution < -0.4 is 0 Å². The van der Waals surface area contributed by atoms with Gasteiger partial charge in [0.1, 0.15) is 5.82 Å². The average Bonchev–Trinajstić information content (AvgIpc) is 2.53. The Morgan fingerprint density at radius 2 is 2.17 bits per heavy atom. The van der Waals surface area contributed by atoms with Crippen molar-refractivity contribution >= 4 is 21.4 Å². The molecule has 3 heteroatoms. The van der Waals surface area contributed by atoms with Crippen LogP contribution in [-0.4, -0.2) is 5.11 Å². The van der Waals surface area contributed by atoms with Crippen molar-refractivity contribution in [2.75, 3.05) is 0 Å². The zero-order valence-corrected chi connectivity index (χ0v) is 7.07. The normalized spacial score (nSPS) is 10.8. The molecule has 1 nitrogen and oxygen atoms in total. The van der Waals surface area contributed by atoms with Crippen LogP contribution in [0.3, 0.4) is 0 Å². The molecule has 62 valence electrons. The minimum absolute atomic E-state index is 0.238. The molecule has 0 saturated carbocycles. The Labute approximate surface area is 73.1 Å². The van der Waals surface area contributed by atoms with Gasteiger partial charge >= 0.3 is 0 Å². The first-order valence-electron chi connectivity index (χ1n) is 3.58. The first-order valence-corrected chi connectivity index (χ1v) is 4.46. The molecule has 1 aromatic heterocycles. The Hall–Kier alpha value is -0.930. The van der Waals surface area contributed by atoms with E-state index in [1.807, 2.05) is 11.4 Å². The summed E-state index contributed by atoms with van der Waals surface area (Å²) in [7, 11) is 0. The highest BCUT2D eigenvalue weighted by Crippen LogP contribution is 2.25. The molecule has 12 heavy (non-hydrogen) atoms. The third kappa shape index (κ3) is 1.02. The summed E-state index contributed by atoms with van der Waals surface area (Å²) in [5.74, 6) is -0.295. The third-order valence-corrected chi connectivity index (χ3v) is 2.70. The fourth-order valence-corrected chi connectivity index (χ4v) is 1.96. The van der Waals surface area contributed by atoms with E-state index in [-0.39, 0.29) is 12.4 Å². The zero-order valence-electron chi connectivity index (χ0n) is 6.25. The Bertz CT molecular complexity index is 408. The fourth-order valence-electron chi connectivity index (χ4n) is 1.18. The van der Waals surface area contributed by atoms with E-state index < -0.39 is 0 Å². The molecule has 0 atom stereocenters. The summed E-state index contributed by atoms with van der Waals surface area (Å²) in [6, 6.07) is 5.18. The molecule has 0 aliphatic rings. The number of rotatable bonds is 1. The van der Waals surface area contributed by atoms with E-state index in [0.717, 1.165) is 4.70 Å². The second-order valence-corrected chi connectivity index (χ2v) is 3.48. The van der Waals surface area contributed by atoms with Crippen LogP contribution in [-0.2, 0) is 6.61 Å². The van der Waals surface area contributed by atoms with Gasteiger partial charge in [-0.25, -0.2) is 4.39 Å². The highest BCUT2D eigenvalue weighted by Gasteiger charge is 2.06. The minimum Gasteiger partial charge on any atom is -0.392 e. The molecular formula is C9H7FOS. The van der Waals surface area contributed by atoms with E-state index in [2.05, 4.69) is 0 Å². The summed E-state index contributed by atoms with van der Waals surface area (Å²) in [6.07, 6.45) is 0. The van der Waals surface area contributed by atoms with Crippen molar-refractivity contribution in [1.29, 1.82) is 0 Å². The molecule has 2 rings (SSSR count). The maximum atomic E-state index is 13.3. The number of fused-ring (bicyclic) bond motifs is 1. The first kappa shape index (κ1) is 7.71. The van der Waals surface area contributed by atoms with Crippen LogP contribution in [0.25, 0.3) is 10.1 Å². The van der Waals surface area contributed by atoms with Gasteiger partial charge in [-0.15, -0.1) is 11.3 Å². The van der Waals surface area contributed by atoms with Gasteiger partial charge in [-0.1, -0.05) is 6.07 Å². The molecule has 0 amide bonds. The van der Waals surface area contributed by atoms with E-state index >= 15 is 0 Å². The minimum atomic E-state index is -0.295. The van der Waals surface area contributed by atoms with Gasteiger partial charge in [-0.2, -0.15) is 0 Å². The molecule has 1 heterocycles. The van der Waals surface area contributed by atoms with Crippen molar-refractivity contribution in [3.05, 3.63) is 35.0 Å². The molecule has 0 bridgehead atoms. The maximum Gasteiger partial charge on any atom is 0.137 e. The van der Waals surface area contributed by atoms with E-state index in [1.165, 1.54) is 11.3 Å². The highest BCUT2D eigenvalue weighted by molar-refractivity contribution is 7.17. The molecule has 1 N–H and O–H groups in total. The van der Waals surface area contributed by atoms with Crippen LogP contribution >= 0.6 is 11.3 Å². The van der Waals surface area contributed by atoms with Crippen LogP contribution in [0.2, 0.25) is 0 Å². The second-order valence-electron chi connectivity index (χ2n) is 2.53. The molecule has 0 saturated heterocycles. The Morgan fingerprint density at radius 1 is 1.33 bits per heavy atom. The smallest absolute Gasteiger partial charge is 0.137 e. The number of hydrogen-bond acceptors (Lipinski definition) is 2. The molecule has 0 spiro atoms. The molecule has 0 unspecified atom stereocenters. The summed E-state index contributed by atoms with van der Waals surface area (Å²) >= 11 is 1.50. The number of aliphatic hydroxyl groups excluding tert-OH is 1. The summed E-state index contributed by atoms with van der Waals surface area (Å²) in [5.41, 5.74) is 0.362. The standard InChI is InChI=1S/C9H7FOS/c10-9-6(5-11)1-2-8-7(9)3-4-12-8/h1-4,11H,5H2. The molecule has 2 aromatic rings. The van der Waals surface area contributed by atoms with Crippen molar-refractivity contribution in [1.82, 2.24) is 0 Å². The van der Waals surface area contributed by atoms with E-state index in [9.17, 15) is 4.39 Å². The van der Waals surface area contributed by atoms with Gasteiger partial charge in [-0.05, 0) is 17.5 Å². The molecular weight excluding hydrogens is 175 g/mol. The van der Waals surface area contributed by atoms with Crippen LogP contribution in [0.15, 0.2) is 23.6 Å². The number of aliphatic hydroxyl groups is 1. The van der Waals surface area contributed by atoms with Gasteiger partial charge in [0.15, 0.2) is 0 Å². The van der Waals surface area contributed by atoms with Gasteiger partial charge in [0.25, 0.3) is 0 Å². The molecule has 0 radical (unpaired) electrons. The van der Waals surface area contributed by atoms with Crippen molar-refractivity contribution < 1.29 is 9.50 Å². The molecule has 0 aliphatic carbocycles. The van der Waals surface area contributed by atoms with Gasteiger partial charge in [-0.3, -0.25) is 0 Å². The predicted octanol–water partition coefficient (Wildman–Crippen LogP) is 2.53. The highest BCUT2D eigenvalue weighted by atomic mass is 32.1. The molecule has 0 aliphatic heterocycles. The fraction of sp³-hybridized carbons (Fsp3) is 0.111. The van der Waals surface area contributed by atoms with Crippen molar-refractivity contribution in [3.63, 3.8) is 0 Å². The van der Waals surface area contributed by atoms with Gasteiger partial charge < -0.3 is 5.11 Å². The summed E-state index contributed by atoms with van der Waals surface area (Å²) in [4.78, 5) is 0. The summed E-state index contributed by atoms with van der Waals surface area (Å²) in [5, 5.41) is 11.2. The number of thiophene rings is 1. The lowest BCUT2D eigenvalue weighted by atomic mass is 10.1. The Morgan fingerprint density at radius 3 is 2.92 bits per heavy atom. The second kappa shape index (κ2) is 2.84. The summed E-state index contributed by atoms with van der Waals surface area (Å²) in [6.45, 7) is -0.238. The lowest BCUT2D eigenvalue weighted by Gasteiger charge is -1.98. The molecule has 0 fully saturated rings. The van der Waals surface area contributed by atoms with E-state index in [4.69, 9.17) is 5.11 Å². The van der Waals surface area contributed by atoms with Crippen molar-refractivity contribution in [2.24, 2.45) is 0 Å². The lowest BCUT2D eigenvalue weighted by molar-refractivity contribution is 0.276. The Balaban J connectivity index is 2.78. The quantitative estimate of drug-likeness (QED) is 0.718. The largest absolute Gasteiger partial charge is 0.392 e. The number of benzene rings is 1. The average molecular weight is 182 g/mol. The first-order chi connectivity index (χ1) is 5.83. The predicted molar refractivity (Wildman–Crippen MR) is 47.7 cm³/mol. The SMILES string of the molecule is OCc1ccc2sccc2c1F. The number of hydrogen-bond donors (Lipinski definition) is 1. The van der Waals surface area contributed by atoms with Crippen molar-refractivity contribution in [3.8, 4) is 0 Å². The topological polar surface area (TPSA) is 20.2 Å². The third-order valence-electron chi connectivity index (χ3n) is 1.82. The number of halogens is 1. The Kier molecular flexibility index (Phi) is 1.83. The zero-order chi connectivity index (χ0) is 8.55. The van der Waals surface area contributed by atoms with Crippen LogP contribution in [0.4, 0.5) is 4.39 Å². The van der Waals surface area contributed by atoms with Gasteiger partial charge in [0.2, 0.25) is 0 Å². The lowest BCUT2D eigenvalue weighted by Crippen LogP contribution is -1.88. The monoisotopic (exact) mass is 182 g/mol. The molecule has 1 aromatic carbocycles. The maximum absolute atomic E-state index is 13.3. The van der Waals surface area contributed by atoms with Crippen LogP contribution in [0, 0.1) is 5.82 Å².